The van der Waals surface area contributed by atoms with E-state index >= 15 is 0 Å². The molecule has 1 aromatic carbocycles. The van der Waals surface area contributed by atoms with Gasteiger partial charge in [-0.25, -0.2) is 8.78 Å². The first-order chi connectivity index (χ1) is 7.06. The summed E-state index contributed by atoms with van der Waals surface area (Å²) in [5, 5.41) is 8.84. The summed E-state index contributed by atoms with van der Waals surface area (Å²) >= 11 is 0. The van der Waals surface area contributed by atoms with Gasteiger partial charge >= 0.3 is 5.97 Å². The number of nitrogens with two attached hydrogens (primary N) is 1. The van der Waals surface area contributed by atoms with E-state index in [1.165, 1.54) is 0 Å². The minimum Gasteiger partial charge on any atom is -0.481 e. The Kier molecular flexibility index (Phi) is 3.74. The number of hydrogen-bond donors (Lipinski definition) is 2. The van der Waals surface area contributed by atoms with E-state index in [2.05, 4.69) is 0 Å². The van der Waals surface area contributed by atoms with Crippen molar-refractivity contribution in [3.05, 3.63) is 35.4 Å². The van der Waals surface area contributed by atoms with Crippen molar-refractivity contribution in [3.8, 4) is 0 Å². The summed E-state index contributed by atoms with van der Waals surface area (Å²) in [6.07, 6.45) is 0.123. The third kappa shape index (κ3) is 2.73. The normalized spacial score (nSPS) is 12.5. The highest BCUT2D eigenvalue weighted by Crippen LogP contribution is 2.23. The molecule has 0 fully saturated rings. The summed E-state index contributed by atoms with van der Waals surface area (Å²) in [6, 6.07) is 2.84. The predicted octanol–water partition coefficient (Wildman–Crippen LogP) is 1.48. The van der Waals surface area contributed by atoms with Crippen molar-refractivity contribution in [2.24, 2.45) is 5.73 Å². The maximum Gasteiger partial charge on any atom is 0.311 e. The highest BCUT2D eigenvalue weighted by molar-refractivity contribution is 5.76. The molecule has 5 heteroatoms. The van der Waals surface area contributed by atoms with Gasteiger partial charge in [0.25, 0.3) is 0 Å². The summed E-state index contributed by atoms with van der Waals surface area (Å²) in [4.78, 5) is 10.8. The number of hydrogen-bond acceptors (Lipinski definition) is 2. The Morgan fingerprint density at radius 3 is 2.60 bits per heavy atom. The Morgan fingerprint density at radius 1 is 1.47 bits per heavy atom. The lowest BCUT2D eigenvalue weighted by Crippen LogP contribution is -2.17. The monoisotopic (exact) mass is 215 g/mol. The van der Waals surface area contributed by atoms with Gasteiger partial charge in [0.05, 0.1) is 5.92 Å². The first kappa shape index (κ1) is 11.6. The molecule has 0 radical (unpaired) electrons. The molecule has 0 aliphatic carbocycles. The molecular formula is C10H11F2NO2. The van der Waals surface area contributed by atoms with Gasteiger partial charge in [0, 0.05) is 11.6 Å². The van der Waals surface area contributed by atoms with Crippen molar-refractivity contribution in [1.29, 1.82) is 0 Å². The Hall–Kier alpha value is -1.49. The Balaban J connectivity index is 3.05. The number of aliphatic carboxylic acids is 1. The zero-order valence-electron chi connectivity index (χ0n) is 7.91. The van der Waals surface area contributed by atoms with Crippen LogP contribution in [-0.4, -0.2) is 17.6 Å². The van der Waals surface area contributed by atoms with Crippen molar-refractivity contribution < 1.29 is 18.7 Å². The lowest BCUT2D eigenvalue weighted by molar-refractivity contribution is -0.139. The second-order valence-electron chi connectivity index (χ2n) is 3.13. The zero-order valence-corrected chi connectivity index (χ0v) is 7.91. The van der Waals surface area contributed by atoms with E-state index < -0.39 is 23.5 Å². The molecular weight excluding hydrogens is 204 g/mol. The second kappa shape index (κ2) is 4.84. The fourth-order valence-electron chi connectivity index (χ4n) is 1.36. The number of carboxylic acid groups (broad SMARTS) is 1. The van der Waals surface area contributed by atoms with E-state index in [-0.39, 0.29) is 18.5 Å². The van der Waals surface area contributed by atoms with E-state index in [1.807, 2.05) is 0 Å². The van der Waals surface area contributed by atoms with Crippen LogP contribution in [-0.2, 0) is 4.79 Å². The van der Waals surface area contributed by atoms with Gasteiger partial charge in [0.2, 0.25) is 0 Å². The lowest BCUT2D eigenvalue weighted by Gasteiger charge is -2.12. The van der Waals surface area contributed by atoms with Gasteiger partial charge in [-0.05, 0) is 19.0 Å². The largest absolute Gasteiger partial charge is 0.481 e. The number of halogens is 2. The molecule has 0 aromatic heterocycles. The van der Waals surface area contributed by atoms with Crippen molar-refractivity contribution >= 4 is 5.97 Å². The van der Waals surface area contributed by atoms with Gasteiger partial charge in [-0.15, -0.1) is 0 Å². The van der Waals surface area contributed by atoms with Crippen LogP contribution in [0.3, 0.4) is 0 Å². The van der Waals surface area contributed by atoms with Crippen molar-refractivity contribution in [3.63, 3.8) is 0 Å². The van der Waals surface area contributed by atoms with Crippen molar-refractivity contribution in [2.75, 3.05) is 6.54 Å². The quantitative estimate of drug-likeness (QED) is 0.799. The number of rotatable bonds is 4. The van der Waals surface area contributed by atoms with Gasteiger partial charge < -0.3 is 10.8 Å². The van der Waals surface area contributed by atoms with Crippen molar-refractivity contribution in [1.82, 2.24) is 0 Å². The summed E-state index contributed by atoms with van der Waals surface area (Å²) in [7, 11) is 0. The van der Waals surface area contributed by atoms with E-state index in [9.17, 15) is 13.6 Å². The Morgan fingerprint density at radius 2 is 2.13 bits per heavy atom. The molecule has 82 valence electrons. The van der Waals surface area contributed by atoms with Gasteiger partial charge in [-0.1, -0.05) is 6.07 Å². The maximum absolute atomic E-state index is 13.2. The van der Waals surface area contributed by atoms with Crippen LogP contribution in [0.5, 0.6) is 0 Å². The topological polar surface area (TPSA) is 63.3 Å². The number of carbonyl (C=O) groups is 1. The Bertz CT molecular complexity index is 368. The van der Waals surface area contributed by atoms with E-state index in [4.69, 9.17) is 10.8 Å². The predicted molar refractivity (Wildman–Crippen MR) is 50.4 cm³/mol. The first-order valence-electron chi connectivity index (χ1n) is 4.44. The van der Waals surface area contributed by atoms with Crippen LogP contribution >= 0.6 is 0 Å². The average Bonchev–Trinajstić information content (AvgIpc) is 2.15. The fourth-order valence-corrected chi connectivity index (χ4v) is 1.36. The molecule has 0 amide bonds. The maximum atomic E-state index is 13.2. The van der Waals surface area contributed by atoms with Crippen LogP contribution in [0.2, 0.25) is 0 Å². The van der Waals surface area contributed by atoms with Crippen molar-refractivity contribution in [2.45, 2.75) is 12.3 Å². The second-order valence-corrected chi connectivity index (χ2v) is 3.13. The third-order valence-corrected chi connectivity index (χ3v) is 2.09. The molecule has 0 saturated carbocycles. The molecule has 1 atom stereocenters. The van der Waals surface area contributed by atoms with E-state index in [0.717, 1.165) is 12.1 Å². The summed E-state index contributed by atoms with van der Waals surface area (Å²) < 4.78 is 25.8. The average molecular weight is 215 g/mol. The SMILES string of the molecule is NCCC(C(=O)O)c1ccc(F)cc1F. The summed E-state index contributed by atoms with van der Waals surface area (Å²) in [6.45, 7) is 0.133. The highest BCUT2D eigenvalue weighted by Gasteiger charge is 2.22. The molecule has 1 aromatic rings. The summed E-state index contributed by atoms with van der Waals surface area (Å²) in [5.41, 5.74) is 5.19. The van der Waals surface area contributed by atoms with Gasteiger partial charge in [0.1, 0.15) is 11.6 Å². The molecule has 1 unspecified atom stereocenters. The molecule has 1 rings (SSSR count). The zero-order chi connectivity index (χ0) is 11.4. The van der Waals surface area contributed by atoms with Crippen LogP contribution in [0.4, 0.5) is 8.78 Å². The number of carboxylic acids is 1. The minimum absolute atomic E-state index is 0.0330. The van der Waals surface area contributed by atoms with Crippen LogP contribution in [0.1, 0.15) is 17.9 Å². The molecule has 3 nitrogen and oxygen atoms in total. The van der Waals surface area contributed by atoms with E-state index in [0.29, 0.717) is 6.07 Å². The molecule has 0 saturated heterocycles. The molecule has 0 bridgehead atoms. The lowest BCUT2D eigenvalue weighted by atomic mass is 9.95. The summed E-state index contributed by atoms with van der Waals surface area (Å²) in [5.74, 6) is -3.76. The molecule has 0 aliphatic heterocycles. The van der Waals surface area contributed by atoms with Crippen LogP contribution in [0.25, 0.3) is 0 Å². The Labute approximate surface area is 85.5 Å². The molecule has 0 aliphatic rings. The molecule has 3 N–H and O–H groups in total. The third-order valence-electron chi connectivity index (χ3n) is 2.09. The molecule has 15 heavy (non-hydrogen) atoms. The van der Waals surface area contributed by atoms with Gasteiger partial charge in [-0.3, -0.25) is 4.79 Å². The van der Waals surface area contributed by atoms with Gasteiger partial charge in [-0.2, -0.15) is 0 Å². The van der Waals surface area contributed by atoms with E-state index in [1.54, 1.807) is 0 Å². The van der Waals surface area contributed by atoms with Crippen LogP contribution in [0, 0.1) is 11.6 Å². The van der Waals surface area contributed by atoms with Crippen LogP contribution in [0.15, 0.2) is 18.2 Å². The fraction of sp³-hybridized carbons (Fsp3) is 0.300. The smallest absolute Gasteiger partial charge is 0.311 e. The van der Waals surface area contributed by atoms with Crippen LogP contribution < -0.4 is 5.73 Å². The molecule has 0 spiro atoms. The highest BCUT2D eigenvalue weighted by atomic mass is 19.1. The van der Waals surface area contributed by atoms with Gasteiger partial charge in [0.15, 0.2) is 0 Å². The first-order valence-corrected chi connectivity index (χ1v) is 4.44. The standard InChI is InChI=1S/C10H11F2NO2/c11-6-1-2-7(9(12)5-6)8(3-4-13)10(14)15/h1-2,5,8H,3-4,13H2,(H,14,15). The number of benzene rings is 1. The minimum atomic E-state index is -1.16. The molecule has 0 heterocycles.